The zero-order valence-electron chi connectivity index (χ0n) is 49.4. The van der Waals surface area contributed by atoms with E-state index in [0.29, 0.717) is 144 Å². The highest BCUT2D eigenvalue weighted by Gasteiger charge is 2.18. The Morgan fingerprint density at radius 3 is 1.15 bits per heavy atom. The number of carbonyl (C=O) groups is 4. The van der Waals surface area contributed by atoms with Crippen LogP contribution in [-0.4, -0.2) is 232 Å². The molecule has 0 rings (SSSR count). The SMILES string of the molecule is C#CC#CC#CC#CC#CC#CC#C.COC(=O)[C@@H](N)CCCN=C(N)N.COCCOCC=O.COCCOCCN[C@@H](CCCN=C(N)N)C(=O)O.COCCOCCN[C@@H](CCCN=C(N)N)C(=O)OC.COCCOCCO.S.S. The number of terminal acetylenes is 2. The highest BCUT2D eigenvalue weighted by Crippen LogP contribution is 2.01. The Morgan fingerprint density at radius 2 is 0.833 bits per heavy atom. The van der Waals surface area contributed by atoms with E-state index in [4.69, 9.17) is 96.4 Å². The Bertz CT molecular complexity index is 2040. The van der Waals surface area contributed by atoms with Gasteiger partial charge in [0.25, 0.3) is 0 Å². The van der Waals surface area contributed by atoms with Gasteiger partial charge in [0.2, 0.25) is 0 Å². The van der Waals surface area contributed by atoms with Crippen molar-refractivity contribution in [3.05, 3.63) is 0 Å². The van der Waals surface area contributed by atoms with Crippen LogP contribution in [0.25, 0.3) is 0 Å². The number of hydrogen-bond donors (Lipinski definition) is 11. The number of aliphatic imine (C=N–C) groups is 3. The van der Waals surface area contributed by atoms with Crippen LogP contribution in [0.3, 0.4) is 0 Å². The van der Waals surface area contributed by atoms with Crippen LogP contribution in [-0.2, 0) is 66.5 Å². The van der Waals surface area contributed by atoms with Crippen LogP contribution in [0.4, 0.5) is 0 Å². The highest BCUT2D eigenvalue weighted by atomic mass is 32.1. The standard InChI is InChI=1S/C14H2.C12H26N4O4.C11H24N4O4.C7H16N4O2.C5H12O3.C5H10O3.2H2S/c1-3-5-7-9-11-13-14-12-10-8-6-4-2;1-18-8-9-20-7-6-15-10(11(17)19-2)4-3-5-16-12(13)14;1-18-7-8-19-6-5-14-9(10(16)17)3-2-4-15-11(12)13;1-13-6(12)5(8)3-2-4-11-7(9)10;2*1-7-4-5-8-3-2-6;;/h1-2H;10,15H,3-9H2,1-2H3,(H4,13,14,16);9,14H,2-8H2,1H3,(H,16,17)(H4,12,13,15);5H,2-4,8H2,1H3,(H4,9,10,11);6H,2-5H2,1H3;2H,3-5H2,1H3;2*1H2/t;10-;9-;5-;;;;/m.000..../s1. The Morgan fingerprint density at radius 1 is 0.500 bits per heavy atom. The molecule has 0 aliphatic heterocycles. The van der Waals surface area contributed by atoms with Crippen LogP contribution in [0.5, 0.6) is 0 Å². The van der Waals surface area contributed by atoms with E-state index in [1.807, 2.05) is 0 Å². The van der Waals surface area contributed by atoms with E-state index in [0.717, 1.165) is 6.29 Å². The van der Waals surface area contributed by atoms with Crippen molar-refractivity contribution in [1.29, 1.82) is 0 Å². The van der Waals surface area contributed by atoms with Crippen molar-refractivity contribution in [2.75, 3.05) is 161 Å². The van der Waals surface area contributed by atoms with Crippen LogP contribution in [0.2, 0.25) is 0 Å². The van der Waals surface area contributed by atoms with Crippen molar-refractivity contribution in [3.8, 4) is 83.9 Å². The molecule has 0 saturated heterocycles. The monoisotopic (exact) mass is 1230 g/mol. The van der Waals surface area contributed by atoms with Gasteiger partial charge in [-0.1, -0.05) is 0 Å². The minimum absolute atomic E-state index is 0. The van der Waals surface area contributed by atoms with E-state index in [2.05, 4.69) is 111 Å². The second-order valence-corrected chi connectivity index (χ2v) is 14.7. The largest absolute Gasteiger partial charge is 0.480 e. The van der Waals surface area contributed by atoms with Gasteiger partial charge < -0.3 is 113 Å². The number of aldehydes is 1. The van der Waals surface area contributed by atoms with Gasteiger partial charge in [-0.25, -0.2) is 0 Å². The number of aliphatic hydroxyl groups excluding tert-OH is 1. The molecule has 0 bridgehead atoms. The van der Waals surface area contributed by atoms with E-state index in [1.165, 1.54) is 14.2 Å². The summed E-state index contributed by atoms with van der Waals surface area (Å²) in [5.74, 6) is 26.8. The van der Waals surface area contributed by atoms with Crippen molar-refractivity contribution in [3.63, 3.8) is 0 Å². The number of nitrogens with two attached hydrogens (primary N) is 7. The van der Waals surface area contributed by atoms with Crippen LogP contribution in [0.1, 0.15) is 38.5 Å². The van der Waals surface area contributed by atoms with Crippen molar-refractivity contribution in [1.82, 2.24) is 10.6 Å². The molecule has 28 nitrogen and oxygen atoms in total. The maximum atomic E-state index is 11.6. The highest BCUT2D eigenvalue weighted by molar-refractivity contribution is 7.59. The average molecular weight is 1230 g/mol. The number of esters is 2. The minimum atomic E-state index is -0.887. The Balaban J connectivity index is -0.000000141. The molecular formula is C54H94N12O16S2. The lowest BCUT2D eigenvalue weighted by Crippen LogP contribution is -2.39. The van der Waals surface area contributed by atoms with E-state index in [9.17, 15) is 19.2 Å². The average Bonchev–Trinajstić information content (AvgIpc) is 3.45. The lowest BCUT2D eigenvalue weighted by Gasteiger charge is -2.16. The number of nitrogens with one attached hydrogen (secondary N) is 2. The molecule has 0 spiro atoms. The smallest absolute Gasteiger partial charge is 0.322 e. The first-order chi connectivity index (χ1) is 39.5. The van der Waals surface area contributed by atoms with Gasteiger partial charge >= 0.3 is 17.9 Å². The third kappa shape index (κ3) is 91.5. The number of carbonyl (C=O) groups excluding carboxylic acids is 3. The molecule has 3 atom stereocenters. The topological polar surface area (TPSA) is 444 Å². The van der Waals surface area contributed by atoms with Gasteiger partial charge in [0.15, 0.2) is 17.9 Å². The third-order valence-electron chi connectivity index (χ3n) is 8.28. The number of nitrogens with zero attached hydrogens (tertiary/aromatic N) is 3. The summed E-state index contributed by atoms with van der Waals surface area (Å²) in [4.78, 5) is 54.4. The van der Waals surface area contributed by atoms with E-state index in [-0.39, 0.29) is 70.1 Å². The first-order valence-electron chi connectivity index (χ1n) is 25.0. The van der Waals surface area contributed by atoms with Crippen molar-refractivity contribution in [2.45, 2.75) is 56.7 Å². The molecule has 0 aromatic carbocycles. The molecule has 0 aromatic heterocycles. The maximum Gasteiger partial charge on any atom is 0.322 e. The van der Waals surface area contributed by atoms with Gasteiger partial charge in [0.05, 0.1) is 93.5 Å². The Kier molecular flexibility index (Phi) is 91.8. The number of aliphatic carboxylic acids is 1. The summed E-state index contributed by atoms with van der Waals surface area (Å²) in [6.45, 7) is 8.37. The molecule has 0 heterocycles. The molecule has 0 aliphatic carbocycles. The number of rotatable bonds is 39. The number of guanidine groups is 3. The fraction of sp³-hybridized carbons (Fsp3) is 0.611. The second kappa shape index (κ2) is 82.5. The molecule has 0 saturated carbocycles. The van der Waals surface area contributed by atoms with E-state index < -0.39 is 24.0 Å². The molecular weight excluding hydrogens is 1140 g/mol. The summed E-state index contributed by atoms with van der Waals surface area (Å²) in [5.41, 5.74) is 36.5. The van der Waals surface area contributed by atoms with Crippen LogP contribution >= 0.6 is 27.0 Å². The van der Waals surface area contributed by atoms with Crippen LogP contribution in [0, 0.1) is 83.9 Å². The number of carboxylic acid groups (broad SMARTS) is 1. The number of ether oxygens (including phenoxy) is 10. The molecule has 0 fully saturated rings. The fourth-order valence-electron chi connectivity index (χ4n) is 4.56. The molecule has 0 radical (unpaired) electrons. The molecule has 478 valence electrons. The van der Waals surface area contributed by atoms with Crippen molar-refractivity contribution >= 4 is 69.1 Å². The van der Waals surface area contributed by atoms with Gasteiger partial charge in [-0.05, 0) is 110 Å². The molecule has 0 aliphatic rings. The summed E-state index contributed by atoms with van der Waals surface area (Å²) >= 11 is 0. The van der Waals surface area contributed by atoms with E-state index >= 15 is 0 Å². The van der Waals surface area contributed by atoms with Crippen LogP contribution in [0.15, 0.2) is 15.0 Å². The zero-order chi connectivity index (χ0) is 63.0. The quantitative estimate of drug-likeness (QED) is 0.00700. The molecule has 30 heteroatoms. The molecule has 0 aromatic rings. The number of hydrogen-bond acceptors (Lipinski definition) is 21. The van der Waals surface area contributed by atoms with Gasteiger partial charge in [-0.3, -0.25) is 29.4 Å². The van der Waals surface area contributed by atoms with E-state index in [1.54, 1.807) is 28.4 Å². The zero-order valence-corrected chi connectivity index (χ0v) is 51.4. The van der Waals surface area contributed by atoms with Crippen LogP contribution < -0.4 is 50.8 Å². The maximum absolute atomic E-state index is 11.6. The molecule has 0 unspecified atom stereocenters. The molecule has 18 N–H and O–H groups in total. The predicted octanol–water partition coefficient (Wildman–Crippen LogP) is -3.89. The van der Waals surface area contributed by atoms with Gasteiger partial charge in [0, 0.05) is 61.2 Å². The number of carboxylic acids is 1. The number of aliphatic hydroxyl groups is 1. The summed E-state index contributed by atoms with van der Waals surface area (Å²) < 4.78 is 48.3. The summed E-state index contributed by atoms with van der Waals surface area (Å²) in [6.07, 6.45) is 14.0. The summed E-state index contributed by atoms with van der Waals surface area (Å²) in [6, 6.07) is -1.57. The second-order valence-electron chi connectivity index (χ2n) is 14.7. The molecule has 84 heavy (non-hydrogen) atoms. The Hall–Kier alpha value is -6.97. The summed E-state index contributed by atoms with van der Waals surface area (Å²) in [5, 5.41) is 23.2. The predicted molar refractivity (Wildman–Crippen MR) is 334 cm³/mol. The minimum Gasteiger partial charge on any atom is -0.480 e. The van der Waals surface area contributed by atoms with Gasteiger partial charge in [0.1, 0.15) is 31.0 Å². The van der Waals surface area contributed by atoms with Crippen molar-refractivity contribution < 1.29 is 76.8 Å². The lowest BCUT2D eigenvalue weighted by molar-refractivity contribution is -0.143. The normalized spacial score (nSPS) is 9.79. The lowest BCUT2D eigenvalue weighted by atomic mass is 10.1. The first-order valence-corrected chi connectivity index (χ1v) is 25.0. The summed E-state index contributed by atoms with van der Waals surface area (Å²) in [7, 11) is 9.08. The molecule has 0 amide bonds. The fourth-order valence-corrected chi connectivity index (χ4v) is 4.56. The van der Waals surface area contributed by atoms with Crippen molar-refractivity contribution in [2.24, 2.45) is 55.1 Å². The Labute approximate surface area is 511 Å². The first kappa shape index (κ1) is 93.4. The van der Waals surface area contributed by atoms with Gasteiger partial charge in [-0.15, -0.1) is 12.8 Å². The van der Waals surface area contributed by atoms with Gasteiger partial charge in [-0.2, -0.15) is 27.0 Å². The third-order valence-corrected chi connectivity index (χ3v) is 8.28. The number of methoxy groups -OCH3 is 6.